The Morgan fingerprint density at radius 1 is 1.57 bits per heavy atom. The van der Waals surface area contributed by atoms with E-state index in [4.69, 9.17) is 0 Å². The third kappa shape index (κ3) is 2.96. The van der Waals surface area contributed by atoms with E-state index in [2.05, 4.69) is 9.88 Å². The highest BCUT2D eigenvalue weighted by molar-refractivity contribution is 5.76. The fourth-order valence-electron chi connectivity index (χ4n) is 3.23. The first-order valence-electron chi connectivity index (χ1n) is 7.51. The SMILES string of the molecule is CCC[C@@]1(C(=O)O)CN(Cc2cnc(C)n2C)CC[C@@H]1O. The van der Waals surface area contributed by atoms with Gasteiger partial charge >= 0.3 is 5.97 Å². The van der Waals surface area contributed by atoms with E-state index < -0.39 is 17.5 Å². The largest absolute Gasteiger partial charge is 0.481 e. The number of aryl methyl sites for hydroxylation is 1. The van der Waals surface area contributed by atoms with Crippen molar-refractivity contribution >= 4 is 5.97 Å². The summed E-state index contributed by atoms with van der Waals surface area (Å²) in [7, 11) is 1.97. The van der Waals surface area contributed by atoms with Crippen molar-refractivity contribution < 1.29 is 15.0 Å². The number of imidazole rings is 1. The molecule has 118 valence electrons. The summed E-state index contributed by atoms with van der Waals surface area (Å²) in [5, 5.41) is 19.9. The van der Waals surface area contributed by atoms with Crippen LogP contribution >= 0.6 is 0 Å². The molecule has 0 spiro atoms. The van der Waals surface area contributed by atoms with E-state index in [1.807, 2.05) is 31.7 Å². The third-order valence-electron chi connectivity index (χ3n) is 4.69. The number of aliphatic hydroxyl groups excluding tert-OH is 1. The lowest BCUT2D eigenvalue weighted by Gasteiger charge is -2.43. The molecule has 0 aromatic carbocycles. The van der Waals surface area contributed by atoms with Gasteiger partial charge in [-0.3, -0.25) is 9.69 Å². The number of aliphatic carboxylic acids is 1. The Hall–Kier alpha value is -1.40. The number of piperidine rings is 1. The molecule has 0 unspecified atom stereocenters. The van der Waals surface area contributed by atoms with Gasteiger partial charge in [-0.05, 0) is 19.8 Å². The van der Waals surface area contributed by atoms with Crippen molar-refractivity contribution in [3.63, 3.8) is 0 Å². The van der Waals surface area contributed by atoms with Crippen LogP contribution in [0, 0.1) is 12.3 Å². The van der Waals surface area contributed by atoms with Crippen molar-refractivity contribution in [3.8, 4) is 0 Å². The first kappa shape index (κ1) is 16.0. The molecule has 1 aliphatic heterocycles. The maximum absolute atomic E-state index is 11.7. The molecule has 2 N–H and O–H groups in total. The van der Waals surface area contributed by atoms with Gasteiger partial charge in [0, 0.05) is 32.9 Å². The molecule has 0 aliphatic carbocycles. The average molecular weight is 295 g/mol. The molecule has 2 heterocycles. The molecule has 1 saturated heterocycles. The van der Waals surface area contributed by atoms with E-state index in [0.29, 0.717) is 32.5 Å². The van der Waals surface area contributed by atoms with Gasteiger partial charge < -0.3 is 14.8 Å². The van der Waals surface area contributed by atoms with Crippen LogP contribution < -0.4 is 0 Å². The lowest BCUT2D eigenvalue weighted by atomic mass is 9.74. The highest BCUT2D eigenvalue weighted by atomic mass is 16.4. The van der Waals surface area contributed by atoms with Crippen LogP contribution in [0.1, 0.15) is 37.7 Å². The number of likely N-dealkylation sites (tertiary alicyclic amines) is 1. The monoisotopic (exact) mass is 295 g/mol. The molecule has 0 bridgehead atoms. The number of aliphatic hydroxyl groups is 1. The Labute approximate surface area is 125 Å². The molecule has 2 rings (SSSR count). The quantitative estimate of drug-likeness (QED) is 0.852. The summed E-state index contributed by atoms with van der Waals surface area (Å²) in [6, 6.07) is 0. The van der Waals surface area contributed by atoms with Crippen molar-refractivity contribution in [2.45, 2.75) is 45.8 Å². The van der Waals surface area contributed by atoms with E-state index in [-0.39, 0.29) is 0 Å². The number of hydrogen-bond acceptors (Lipinski definition) is 4. The van der Waals surface area contributed by atoms with Crippen LogP contribution in [0.5, 0.6) is 0 Å². The highest BCUT2D eigenvalue weighted by Crippen LogP contribution is 2.36. The predicted molar refractivity (Wildman–Crippen MR) is 78.8 cm³/mol. The molecule has 0 radical (unpaired) electrons. The smallest absolute Gasteiger partial charge is 0.313 e. The summed E-state index contributed by atoms with van der Waals surface area (Å²) in [6.07, 6.45) is 2.83. The molecular weight excluding hydrogens is 270 g/mol. The molecule has 1 aromatic rings. The van der Waals surface area contributed by atoms with Crippen LogP contribution in [-0.2, 0) is 18.4 Å². The lowest BCUT2D eigenvalue weighted by molar-refractivity contribution is -0.164. The Bertz CT molecular complexity index is 514. The lowest BCUT2D eigenvalue weighted by Crippen LogP contribution is -2.55. The molecule has 1 fully saturated rings. The minimum absolute atomic E-state index is 0.390. The van der Waals surface area contributed by atoms with Gasteiger partial charge in [0.1, 0.15) is 11.2 Å². The summed E-state index contributed by atoms with van der Waals surface area (Å²) >= 11 is 0. The van der Waals surface area contributed by atoms with Crippen molar-refractivity contribution in [2.75, 3.05) is 13.1 Å². The zero-order chi connectivity index (χ0) is 15.6. The maximum atomic E-state index is 11.7. The van der Waals surface area contributed by atoms with Crippen LogP contribution in [0.3, 0.4) is 0 Å². The molecule has 0 amide bonds. The second-order valence-electron chi connectivity index (χ2n) is 6.08. The molecule has 21 heavy (non-hydrogen) atoms. The molecule has 1 aromatic heterocycles. The number of aromatic nitrogens is 2. The molecular formula is C15H25N3O3. The van der Waals surface area contributed by atoms with E-state index in [1.165, 1.54) is 0 Å². The second-order valence-corrected chi connectivity index (χ2v) is 6.08. The fourth-order valence-corrected chi connectivity index (χ4v) is 3.23. The number of carboxylic acids is 1. The van der Waals surface area contributed by atoms with Gasteiger partial charge in [0.25, 0.3) is 0 Å². The Morgan fingerprint density at radius 2 is 2.29 bits per heavy atom. The average Bonchev–Trinajstić information content (AvgIpc) is 2.74. The summed E-state index contributed by atoms with van der Waals surface area (Å²) in [4.78, 5) is 18.1. The minimum atomic E-state index is -1.04. The van der Waals surface area contributed by atoms with E-state index in [1.54, 1.807) is 0 Å². The summed E-state index contributed by atoms with van der Waals surface area (Å²) in [5.41, 5.74) is 0.0281. The predicted octanol–water partition coefficient (Wildman–Crippen LogP) is 1.17. The van der Waals surface area contributed by atoms with Crippen LogP contribution in [0.25, 0.3) is 0 Å². The Balaban J connectivity index is 2.16. The van der Waals surface area contributed by atoms with Crippen LogP contribution in [0.4, 0.5) is 0 Å². The van der Waals surface area contributed by atoms with Gasteiger partial charge in [0.05, 0.1) is 11.8 Å². The van der Waals surface area contributed by atoms with Gasteiger partial charge in [-0.25, -0.2) is 4.98 Å². The van der Waals surface area contributed by atoms with E-state index >= 15 is 0 Å². The number of rotatable bonds is 5. The first-order chi connectivity index (χ1) is 9.90. The fraction of sp³-hybridized carbons (Fsp3) is 0.733. The van der Waals surface area contributed by atoms with Crippen LogP contribution in [0.15, 0.2) is 6.20 Å². The van der Waals surface area contributed by atoms with Crippen molar-refractivity contribution in [1.29, 1.82) is 0 Å². The number of nitrogens with zero attached hydrogens (tertiary/aromatic N) is 3. The molecule has 6 heteroatoms. The van der Waals surface area contributed by atoms with Crippen molar-refractivity contribution in [1.82, 2.24) is 14.5 Å². The zero-order valence-corrected chi connectivity index (χ0v) is 13.0. The van der Waals surface area contributed by atoms with Gasteiger partial charge in [-0.2, -0.15) is 0 Å². The molecule has 0 saturated carbocycles. The molecule has 1 aliphatic rings. The van der Waals surface area contributed by atoms with Gasteiger partial charge in [0.2, 0.25) is 0 Å². The highest BCUT2D eigenvalue weighted by Gasteiger charge is 2.48. The summed E-state index contributed by atoms with van der Waals surface area (Å²) < 4.78 is 2.02. The second kappa shape index (κ2) is 6.15. The zero-order valence-electron chi connectivity index (χ0n) is 13.0. The topological polar surface area (TPSA) is 78.6 Å². The molecule has 6 nitrogen and oxygen atoms in total. The van der Waals surface area contributed by atoms with E-state index in [0.717, 1.165) is 17.9 Å². The Morgan fingerprint density at radius 3 is 2.81 bits per heavy atom. The first-order valence-corrected chi connectivity index (χ1v) is 7.51. The van der Waals surface area contributed by atoms with Crippen molar-refractivity contribution in [2.24, 2.45) is 12.5 Å². The van der Waals surface area contributed by atoms with Crippen LogP contribution in [-0.4, -0.2) is 49.8 Å². The van der Waals surface area contributed by atoms with Crippen LogP contribution in [0.2, 0.25) is 0 Å². The third-order valence-corrected chi connectivity index (χ3v) is 4.69. The normalized spacial score (nSPS) is 27.0. The van der Waals surface area contributed by atoms with Crippen molar-refractivity contribution in [3.05, 3.63) is 17.7 Å². The van der Waals surface area contributed by atoms with Gasteiger partial charge in [-0.15, -0.1) is 0 Å². The number of carboxylic acid groups (broad SMARTS) is 1. The summed E-state index contributed by atoms with van der Waals surface area (Å²) in [5.74, 6) is 0.0582. The van der Waals surface area contributed by atoms with E-state index in [9.17, 15) is 15.0 Å². The van der Waals surface area contributed by atoms with Gasteiger partial charge in [0.15, 0.2) is 0 Å². The Kier molecular flexibility index (Phi) is 4.68. The standard InChI is InChI=1S/C15H25N3O3/c1-4-6-15(14(20)21)10-18(7-5-13(15)19)9-12-8-16-11(2)17(12)3/h8,13,19H,4-7,9-10H2,1-3H3,(H,20,21)/t13-,15+/m0/s1. The van der Waals surface area contributed by atoms with Gasteiger partial charge in [-0.1, -0.05) is 13.3 Å². The molecule has 2 atom stereocenters. The maximum Gasteiger partial charge on any atom is 0.313 e. The number of hydrogen-bond donors (Lipinski definition) is 2. The number of carbonyl (C=O) groups is 1. The minimum Gasteiger partial charge on any atom is -0.481 e. The summed E-state index contributed by atoms with van der Waals surface area (Å²) in [6.45, 7) is 5.68.